The topological polar surface area (TPSA) is 49.8 Å². The highest BCUT2D eigenvalue weighted by Gasteiger charge is 2.34. The zero-order valence-electron chi connectivity index (χ0n) is 15.4. The molecule has 1 heterocycles. The van der Waals surface area contributed by atoms with Gasteiger partial charge in [-0.25, -0.2) is 0 Å². The van der Waals surface area contributed by atoms with E-state index >= 15 is 0 Å². The molecule has 7 heteroatoms. The Morgan fingerprint density at radius 2 is 1.89 bits per heavy atom. The highest BCUT2D eigenvalue weighted by molar-refractivity contribution is 5.70. The number of hydrogen-bond donors (Lipinski definition) is 1. The summed E-state index contributed by atoms with van der Waals surface area (Å²) in [5.41, 5.74) is 0.576. The van der Waals surface area contributed by atoms with Crippen LogP contribution in [0.5, 0.6) is 5.75 Å². The summed E-state index contributed by atoms with van der Waals surface area (Å²) in [6.45, 7) is 0.916. The summed E-state index contributed by atoms with van der Waals surface area (Å²) in [4.78, 5) is 13.4. The van der Waals surface area contributed by atoms with E-state index in [1.54, 1.807) is 25.3 Å². The van der Waals surface area contributed by atoms with Crippen molar-refractivity contribution in [2.75, 3.05) is 20.2 Å². The molecule has 28 heavy (non-hydrogen) atoms. The molecule has 0 bridgehead atoms. The van der Waals surface area contributed by atoms with Gasteiger partial charge in [-0.3, -0.25) is 9.69 Å². The maximum Gasteiger partial charge on any atom is 0.416 e. The minimum absolute atomic E-state index is 0.294. The van der Waals surface area contributed by atoms with E-state index in [9.17, 15) is 23.1 Å². The van der Waals surface area contributed by atoms with E-state index in [0.29, 0.717) is 37.2 Å². The highest BCUT2D eigenvalue weighted by atomic mass is 19.4. The normalized spacial score (nSPS) is 19.2. The van der Waals surface area contributed by atoms with Gasteiger partial charge in [-0.05, 0) is 54.8 Å². The van der Waals surface area contributed by atoms with Crippen molar-refractivity contribution in [2.24, 2.45) is 5.92 Å². The lowest BCUT2D eigenvalue weighted by Crippen LogP contribution is -2.41. The van der Waals surface area contributed by atoms with Gasteiger partial charge in [0.2, 0.25) is 0 Å². The number of methoxy groups -OCH3 is 1. The van der Waals surface area contributed by atoms with Gasteiger partial charge < -0.3 is 9.84 Å². The fraction of sp³-hybridized carbons (Fsp3) is 0.381. The average molecular weight is 393 g/mol. The van der Waals surface area contributed by atoms with Gasteiger partial charge in [-0.2, -0.15) is 13.2 Å². The molecule has 1 fully saturated rings. The lowest BCUT2D eigenvalue weighted by atomic mass is 9.90. The van der Waals surface area contributed by atoms with Crippen molar-refractivity contribution in [2.45, 2.75) is 25.1 Å². The maximum atomic E-state index is 13.2. The first-order valence-electron chi connectivity index (χ1n) is 9.07. The molecule has 0 amide bonds. The largest absolute Gasteiger partial charge is 0.497 e. The van der Waals surface area contributed by atoms with Crippen LogP contribution in [-0.2, 0) is 11.0 Å². The molecule has 2 unspecified atom stereocenters. The Morgan fingerprint density at radius 1 is 1.18 bits per heavy atom. The van der Waals surface area contributed by atoms with E-state index in [0.717, 1.165) is 17.7 Å². The first-order valence-corrected chi connectivity index (χ1v) is 9.07. The summed E-state index contributed by atoms with van der Waals surface area (Å²) < 4.78 is 44.9. The van der Waals surface area contributed by atoms with E-state index in [4.69, 9.17) is 4.74 Å². The van der Waals surface area contributed by atoms with Gasteiger partial charge in [0.1, 0.15) is 5.75 Å². The first-order chi connectivity index (χ1) is 13.3. The number of hydrogen-bond acceptors (Lipinski definition) is 3. The van der Waals surface area contributed by atoms with Crippen LogP contribution in [0.15, 0.2) is 48.5 Å². The van der Waals surface area contributed by atoms with Crippen LogP contribution >= 0.6 is 0 Å². The van der Waals surface area contributed by atoms with E-state index in [-0.39, 0.29) is 0 Å². The number of ether oxygens (including phenoxy) is 1. The highest BCUT2D eigenvalue weighted by Crippen LogP contribution is 2.36. The second-order valence-electron chi connectivity index (χ2n) is 6.97. The van der Waals surface area contributed by atoms with Gasteiger partial charge in [0.05, 0.1) is 24.6 Å². The van der Waals surface area contributed by atoms with E-state index < -0.39 is 29.7 Å². The number of rotatable bonds is 5. The van der Waals surface area contributed by atoms with Crippen molar-refractivity contribution >= 4 is 5.97 Å². The summed E-state index contributed by atoms with van der Waals surface area (Å²) in [6.07, 6.45) is -3.18. The van der Waals surface area contributed by atoms with E-state index in [1.165, 1.54) is 6.07 Å². The zero-order chi connectivity index (χ0) is 20.3. The lowest BCUT2D eigenvalue weighted by Gasteiger charge is -2.37. The maximum absolute atomic E-state index is 13.2. The zero-order valence-corrected chi connectivity index (χ0v) is 15.4. The molecule has 2 atom stereocenters. The van der Waals surface area contributed by atoms with Crippen LogP contribution in [0.1, 0.15) is 35.6 Å². The van der Waals surface area contributed by atoms with Crippen molar-refractivity contribution in [3.63, 3.8) is 0 Å². The van der Waals surface area contributed by atoms with E-state index in [1.807, 2.05) is 17.0 Å². The fourth-order valence-electron chi connectivity index (χ4n) is 3.73. The van der Waals surface area contributed by atoms with Gasteiger partial charge in [-0.15, -0.1) is 0 Å². The minimum Gasteiger partial charge on any atom is -0.497 e. The molecule has 2 aromatic carbocycles. The summed E-state index contributed by atoms with van der Waals surface area (Å²) in [5, 5.41) is 9.41. The molecule has 2 aromatic rings. The predicted molar refractivity (Wildman–Crippen MR) is 98.2 cm³/mol. The Morgan fingerprint density at radius 3 is 2.50 bits per heavy atom. The lowest BCUT2D eigenvalue weighted by molar-refractivity contribution is -0.143. The van der Waals surface area contributed by atoms with Gasteiger partial charge >= 0.3 is 12.1 Å². The van der Waals surface area contributed by atoms with Crippen LogP contribution in [0, 0.1) is 5.92 Å². The smallest absolute Gasteiger partial charge is 0.416 e. The molecule has 150 valence electrons. The Hall–Kier alpha value is -2.54. The Labute approximate surface area is 161 Å². The molecule has 4 nitrogen and oxygen atoms in total. The van der Waals surface area contributed by atoms with Crippen LogP contribution in [0.3, 0.4) is 0 Å². The molecule has 0 aromatic heterocycles. The number of aliphatic carboxylic acids is 1. The molecular weight excluding hydrogens is 371 g/mol. The van der Waals surface area contributed by atoms with Crippen LogP contribution in [-0.4, -0.2) is 36.2 Å². The molecule has 0 radical (unpaired) electrons. The second-order valence-corrected chi connectivity index (χ2v) is 6.97. The number of carbonyl (C=O) groups is 1. The standard InChI is InChI=1S/C21H22F3NO3/c1-28-18-9-7-14(8-10-18)19(25-11-3-5-16(13-25)20(26)27)15-4-2-6-17(12-15)21(22,23)24/h2,4,6-10,12,16,19H,3,5,11,13H2,1H3,(H,26,27). The Bertz CT molecular complexity index is 820. The summed E-state index contributed by atoms with van der Waals surface area (Å²) in [5.74, 6) is -0.754. The number of benzene rings is 2. The molecule has 0 saturated carbocycles. The third-order valence-corrected chi connectivity index (χ3v) is 5.13. The quantitative estimate of drug-likeness (QED) is 0.807. The fourth-order valence-corrected chi connectivity index (χ4v) is 3.73. The van der Waals surface area contributed by atoms with Crippen molar-refractivity contribution in [1.82, 2.24) is 4.90 Å². The third-order valence-electron chi connectivity index (χ3n) is 5.13. The molecule has 1 saturated heterocycles. The number of nitrogens with zero attached hydrogens (tertiary/aromatic N) is 1. The van der Waals surface area contributed by atoms with Gasteiger partial charge in [0.25, 0.3) is 0 Å². The Kier molecular flexibility index (Phi) is 5.93. The number of halogens is 3. The van der Waals surface area contributed by atoms with Crippen molar-refractivity contribution < 1.29 is 27.8 Å². The van der Waals surface area contributed by atoms with Crippen molar-refractivity contribution in [1.29, 1.82) is 0 Å². The molecular formula is C21H22F3NO3. The number of alkyl halides is 3. The van der Waals surface area contributed by atoms with Crippen LogP contribution < -0.4 is 4.74 Å². The SMILES string of the molecule is COc1ccc(C(c2cccc(C(F)(F)F)c2)N2CCCC(C(=O)O)C2)cc1. The average Bonchev–Trinajstić information content (AvgIpc) is 2.68. The van der Waals surface area contributed by atoms with Gasteiger partial charge in [0, 0.05) is 6.54 Å². The number of likely N-dealkylation sites (tertiary alicyclic amines) is 1. The predicted octanol–water partition coefficient (Wildman–Crippen LogP) is 4.60. The van der Waals surface area contributed by atoms with Crippen LogP contribution in [0.4, 0.5) is 13.2 Å². The second kappa shape index (κ2) is 8.22. The van der Waals surface area contributed by atoms with Crippen molar-refractivity contribution in [3.05, 3.63) is 65.2 Å². The summed E-state index contributed by atoms with van der Waals surface area (Å²) >= 11 is 0. The molecule has 0 spiro atoms. The van der Waals surface area contributed by atoms with E-state index in [2.05, 4.69) is 0 Å². The number of piperidine rings is 1. The first kappa shape index (κ1) is 20.2. The molecule has 3 rings (SSSR count). The Balaban J connectivity index is 2.02. The van der Waals surface area contributed by atoms with Crippen LogP contribution in [0.25, 0.3) is 0 Å². The van der Waals surface area contributed by atoms with Gasteiger partial charge in [-0.1, -0.05) is 24.3 Å². The molecule has 0 aliphatic carbocycles. The third kappa shape index (κ3) is 4.47. The van der Waals surface area contributed by atoms with Gasteiger partial charge in [0.15, 0.2) is 0 Å². The number of carboxylic acids is 1. The molecule has 1 aliphatic heterocycles. The van der Waals surface area contributed by atoms with Crippen molar-refractivity contribution in [3.8, 4) is 5.75 Å². The molecule has 1 N–H and O–H groups in total. The summed E-state index contributed by atoms with van der Waals surface area (Å²) in [7, 11) is 1.54. The minimum atomic E-state index is -4.44. The molecule has 1 aliphatic rings. The summed E-state index contributed by atoms with van der Waals surface area (Å²) in [6, 6.07) is 11.9. The number of carboxylic acid groups (broad SMARTS) is 1. The van der Waals surface area contributed by atoms with Crippen LogP contribution in [0.2, 0.25) is 0 Å². The monoisotopic (exact) mass is 393 g/mol.